The van der Waals surface area contributed by atoms with E-state index in [0.29, 0.717) is 6.54 Å². The highest BCUT2D eigenvalue weighted by atomic mass is 32.2. The summed E-state index contributed by atoms with van der Waals surface area (Å²) in [4.78, 5) is 0. The van der Waals surface area contributed by atoms with E-state index in [9.17, 15) is 17.2 Å². The van der Waals surface area contributed by atoms with Crippen LogP contribution in [0.2, 0.25) is 0 Å². The molecular formula is C11H15F2NO2S. The lowest BCUT2D eigenvalue weighted by Crippen LogP contribution is -2.28. The smallest absolute Gasteiger partial charge is 0.149 e. The van der Waals surface area contributed by atoms with Crippen LogP contribution in [0, 0.1) is 11.6 Å². The summed E-state index contributed by atoms with van der Waals surface area (Å²) in [5.41, 5.74) is 0.165. The minimum absolute atomic E-state index is 0.165. The summed E-state index contributed by atoms with van der Waals surface area (Å²) in [6.45, 7) is 2.29. The molecular weight excluding hydrogens is 248 g/mol. The van der Waals surface area contributed by atoms with Gasteiger partial charge in [-0.3, -0.25) is 0 Å². The zero-order valence-electron chi connectivity index (χ0n) is 9.70. The Balaban J connectivity index is 3.05. The molecule has 3 nitrogen and oxygen atoms in total. The largest absolute Gasteiger partial charge is 0.309 e. The van der Waals surface area contributed by atoms with Gasteiger partial charge in [0, 0.05) is 23.9 Å². The molecule has 0 aliphatic heterocycles. The van der Waals surface area contributed by atoms with E-state index in [0.717, 1.165) is 18.4 Å². The number of rotatable bonds is 5. The van der Waals surface area contributed by atoms with E-state index in [4.69, 9.17) is 0 Å². The second kappa shape index (κ2) is 5.55. The number of sulfone groups is 1. The molecule has 0 heterocycles. The molecule has 0 bridgehead atoms. The van der Waals surface area contributed by atoms with Crippen LogP contribution in [0.15, 0.2) is 18.2 Å². The van der Waals surface area contributed by atoms with Crippen LogP contribution in [0.1, 0.15) is 18.5 Å². The molecule has 0 radical (unpaired) electrons. The number of hydrogen-bond donors (Lipinski definition) is 1. The highest BCUT2D eigenvalue weighted by Gasteiger charge is 2.19. The highest BCUT2D eigenvalue weighted by Crippen LogP contribution is 2.19. The molecule has 0 spiro atoms. The van der Waals surface area contributed by atoms with Crippen molar-refractivity contribution < 1.29 is 17.2 Å². The molecule has 0 aliphatic rings. The molecule has 0 saturated heterocycles. The molecule has 6 heteroatoms. The third-order valence-corrected chi connectivity index (χ3v) is 3.20. The minimum Gasteiger partial charge on any atom is -0.309 e. The summed E-state index contributed by atoms with van der Waals surface area (Å²) < 4.78 is 48.7. The van der Waals surface area contributed by atoms with Gasteiger partial charge in [-0.1, -0.05) is 13.0 Å². The standard InChI is InChI=1S/C11H15F2NO2S/c1-3-14-11(7-17(2,15)16)9-5-4-8(12)6-10(9)13/h4-6,11,14H,3,7H2,1-2H3. The zero-order chi connectivity index (χ0) is 13.1. The average molecular weight is 263 g/mol. The van der Waals surface area contributed by atoms with E-state index in [1.165, 1.54) is 6.07 Å². The molecule has 0 saturated carbocycles. The first-order valence-corrected chi connectivity index (χ1v) is 7.25. The molecule has 0 fully saturated rings. The third-order valence-electron chi connectivity index (χ3n) is 2.26. The van der Waals surface area contributed by atoms with Crippen molar-refractivity contribution in [2.75, 3.05) is 18.6 Å². The van der Waals surface area contributed by atoms with Gasteiger partial charge in [0.2, 0.25) is 0 Å². The van der Waals surface area contributed by atoms with E-state index in [1.807, 2.05) is 0 Å². The molecule has 0 aromatic heterocycles. The Bertz CT molecular complexity index is 488. The Morgan fingerprint density at radius 3 is 2.47 bits per heavy atom. The fourth-order valence-corrected chi connectivity index (χ4v) is 2.49. The topological polar surface area (TPSA) is 46.2 Å². The molecule has 1 rings (SSSR count). The second-order valence-electron chi connectivity index (χ2n) is 3.87. The summed E-state index contributed by atoms with van der Waals surface area (Å²) in [5, 5.41) is 2.87. The molecule has 0 aliphatic carbocycles. The molecule has 17 heavy (non-hydrogen) atoms. The van der Waals surface area contributed by atoms with Gasteiger partial charge in [0.05, 0.1) is 5.75 Å². The Hall–Kier alpha value is -1.01. The summed E-state index contributed by atoms with van der Waals surface area (Å²) in [5.74, 6) is -1.64. The van der Waals surface area contributed by atoms with Crippen LogP contribution in [-0.2, 0) is 9.84 Å². The maximum atomic E-state index is 13.5. The molecule has 1 N–H and O–H groups in total. The average Bonchev–Trinajstić information content (AvgIpc) is 2.14. The maximum Gasteiger partial charge on any atom is 0.149 e. The number of hydrogen-bond acceptors (Lipinski definition) is 3. The van der Waals surface area contributed by atoms with Crippen molar-refractivity contribution in [2.24, 2.45) is 0 Å². The van der Waals surface area contributed by atoms with E-state index in [-0.39, 0.29) is 11.3 Å². The van der Waals surface area contributed by atoms with Gasteiger partial charge in [0.15, 0.2) is 0 Å². The lowest BCUT2D eigenvalue weighted by atomic mass is 10.1. The highest BCUT2D eigenvalue weighted by molar-refractivity contribution is 7.90. The predicted octanol–water partition coefficient (Wildman–Crippen LogP) is 1.66. The number of benzene rings is 1. The van der Waals surface area contributed by atoms with Gasteiger partial charge >= 0.3 is 0 Å². The van der Waals surface area contributed by atoms with Crippen LogP contribution in [0.3, 0.4) is 0 Å². The van der Waals surface area contributed by atoms with Crippen molar-refractivity contribution in [3.63, 3.8) is 0 Å². The molecule has 0 amide bonds. The second-order valence-corrected chi connectivity index (χ2v) is 6.05. The van der Waals surface area contributed by atoms with Crippen LogP contribution in [0.4, 0.5) is 8.78 Å². The van der Waals surface area contributed by atoms with Crippen LogP contribution < -0.4 is 5.32 Å². The SMILES string of the molecule is CCNC(CS(C)(=O)=O)c1ccc(F)cc1F. The van der Waals surface area contributed by atoms with Crippen LogP contribution >= 0.6 is 0 Å². The maximum absolute atomic E-state index is 13.5. The Labute approximate surface area is 99.8 Å². The van der Waals surface area contributed by atoms with E-state index in [2.05, 4.69) is 5.32 Å². The fourth-order valence-electron chi connectivity index (χ4n) is 1.59. The van der Waals surface area contributed by atoms with Crippen molar-refractivity contribution in [3.8, 4) is 0 Å². The van der Waals surface area contributed by atoms with E-state index >= 15 is 0 Å². The predicted molar refractivity (Wildman–Crippen MR) is 62.5 cm³/mol. The Morgan fingerprint density at radius 2 is 2.00 bits per heavy atom. The molecule has 1 unspecified atom stereocenters. The van der Waals surface area contributed by atoms with Gasteiger partial charge < -0.3 is 5.32 Å². The summed E-state index contributed by atoms with van der Waals surface area (Å²) in [6, 6.07) is 2.48. The Morgan fingerprint density at radius 1 is 1.35 bits per heavy atom. The first-order chi connectivity index (χ1) is 7.83. The quantitative estimate of drug-likeness (QED) is 0.879. The lowest BCUT2D eigenvalue weighted by Gasteiger charge is -2.17. The summed E-state index contributed by atoms with van der Waals surface area (Å²) in [6.07, 6.45) is 1.08. The number of nitrogens with one attached hydrogen (secondary N) is 1. The van der Waals surface area contributed by atoms with Gasteiger partial charge in [-0.25, -0.2) is 17.2 Å². The Kier molecular flexibility index (Phi) is 4.59. The minimum atomic E-state index is -3.24. The van der Waals surface area contributed by atoms with Crippen molar-refractivity contribution in [1.82, 2.24) is 5.32 Å². The van der Waals surface area contributed by atoms with Crippen molar-refractivity contribution >= 4 is 9.84 Å². The molecule has 1 atom stereocenters. The normalized spacial score (nSPS) is 13.6. The van der Waals surface area contributed by atoms with Gasteiger partial charge in [-0.05, 0) is 12.6 Å². The van der Waals surface area contributed by atoms with Crippen LogP contribution in [0.25, 0.3) is 0 Å². The van der Waals surface area contributed by atoms with Gasteiger partial charge in [0.25, 0.3) is 0 Å². The summed E-state index contributed by atoms with van der Waals surface area (Å²) >= 11 is 0. The monoisotopic (exact) mass is 263 g/mol. The van der Waals surface area contributed by atoms with Gasteiger partial charge in [0.1, 0.15) is 21.5 Å². The van der Waals surface area contributed by atoms with Crippen molar-refractivity contribution in [3.05, 3.63) is 35.4 Å². The fraction of sp³-hybridized carbons (Fsp3) is 0.455. The van der Waals surface area contributed by atoms with Crippen LogP contribution in [0.5, 0.6) is 0 Å². The van der Waals surface area contributed by atoms with E-state index in [1.54, 1.807) is 6.92 Å². The van der Waals surface area contributed by atoms with Crippen LogP contribution in [-0.4, -0.2) is 27.0 Å². The molecule has 96 valence electrons. The zero-order valence-corrected chi connectivity index (χ0v) is 10.5. The third kappa shape index (κ3) is 4.40. The molecule has 1 aromatic rings. The van der Waals surface area contributed by atoms with Crippen molar-refractivity contribution in [1.29, 1.82) is 0 Å². The van der Waals surface area contributed by atoms with Gasteiger partial charge in [-0.15, -0.1) is 0 Å². The van der Waals surface area contributed by atoms with E-state index < -0.39 is 27.5 Å². The summed E-state index contributed by atoms with van der Waals surface area (Å²) in [7, 11) is -3.24. The first kappa shape index (κ1) is 14.1. The first-order valence-electron chi connectivity index (χ1n) is 5.19. The number of halogens is 2. The lowest BCUT2D eigenvalue weighted by molar-refractivity contribution is 0.521. The molecule has 1 aromatic carbocycles. The van der Waals surface area contributed by atoms with Gasteiger partial charge in [-0.2, -0.15) is 0 Å². The van der Waals surface area contributed by atoms with Crippen molar-refractivity contribution in [2.45, 2.75) is 13.0 Å².